The van der Waals surface area contributed by atoms with Gasteiger partial charge in [0.1, 0.15) is 0 Å². The van der Waals surface area contributed by atoms with Crippen molar-refractivity contribution in [3.63, 3.8) is 0 Å². The third kappa shape index (κ3) is 3.91. The molecule has 0 bridgehead atoms. The maximum Gasteiger partial charge on any atom is 0.211 e. The molecule has 1 saturated heterocycles. The average Bonchev–Trinajstić information content (AvgIpc) is 2.13. The van der Waals surface area contributed by atoms with Crippen LogP contribution < -0.4 is 5.73 Å². The molecule has 0 amide bonds. The highest BCUT2D eigenvalue weighted by Crippen LogP contribution is 2.27. The first-order valence-corrected chi connectivity index (χ1v) is 8.33. The van der Waals surface area contributed by atoms with Crippen LogP contribution in [0.2, 0.25) is 0 Å². The van der Waals surface area contributed by atoms with Crippen LogP contribution in [0, 0.1) is 5.41 Å². The monoisotopic (exact) mass is 277 g/mol. The Kier molecular flexibility index (Phi) is 4.81. The molecule has 1 aliphatic heterocycles. The van der Waals surface area contributed by atoms with E-state index in [0.717, 1.165) is 13.1 Å². The van der Waals surface area contributed by atoms with Crippen LogP contribution in [-0.4, -0.2) is 62.1 Å². The molecule has 18 heavy (non-hydrogen) atoms. The SMILES string of the molecule is CC(N)C(N1CCN(S(C)(=O)=O)CC1)C(C)(C)C. The predicted octanol–water partition coefficient (Wildman–Crippen LogP) is 0.326. The van der Waals surface area contributed by atoms with Crippen LogP contribution in [0.15, 0.2) is 0 Å². The largest absolute Gasteiger partial charge is 0.327 e. The molecule has 5 nitrogen and oxygen atoms in total. The van der Waals surface area contributed by atoms with Gasteiger partial charge in [-0.15, -0.1) is 0 Å². The summed E-state index contributed by atoms with van der Waals surface area (Å²) in [6.07, 6.45) is 1.27. The number of nitrogens with two attached hydrogens (primary N) is 1. The van der Waals surface area contributed by atoms with Crippen LogP contribution in [0.5, 0.6) is 0 Å². The Morgan fingerprint density at radius 2 is 1.56 bits per heavy atom. The topological polar surface area (TPSA) is 66.6 Å². The van der Waals surface area contributed by atoms with Crippen molar-refractivity contribution in [2.75, 3.05) is 32.4 Å². The molecular formula is C12H27N3O2S. The minimum Gasteiger partial charge on any atom is -0.327 e. The second kappa shape index (κ2) is 5.45. The lowest BCUT2D eigenvalue weighted by Crippen LogP contribution is -2.59. The first kappa shape index (κ1) is 15.9. The van der Waals surface area contributed by atoms with Gasteiger partial charge < -0.3 is 5.73 Å². The lowest BCUT2D eigenvalue weighted by molar-refractivity contribution is 0.0545. The minimum absolute atomic E-state index is 0.0785. The molecule has 1 rings (SSSR count). The maximum absolute atomic E-state index is 11.5. The Hall–Kier alpha value is -0.170. The lowest BCUT2D eigenvalue weighted by atomic mass is 9.81. The Morgan fingerprint density at radius 3 is 1.83 bits per heavy atom. The van der Waals surface area contributed by atoms with E-state index in [2.05, 4.69) is 25.7 Å². The van der Waals surface area contributed by atoms with Gasteiger partial charge in [-0.25, -0.2) is 8.42 Å². The second-order valence-corrected chi connectivity index (χ2v) is 8.35. The Labute approximate surface area is 111 Å². The quantitative estimate of drug-likeness (QED) is 0.807. The molecule has 108 valence electrons. The standard InChI is InChI=1S/C12H27N3O2S/c1-10(13)11(12(2,3)4)14-6-8-15(9-7-14)18(5,16)17/h10-11H,6-9,13H2,1-5H3. The highest BCUT2D eigenvalue weighted by molar-refractivity contribution is 7.88. The molecule has 0 aromatic rings. The van der Waals surface area contributed by atoms with Gasteiger partial charge in [0.2, 0.25) is 10.0 Å². The fraction of sp³-hybridized carbons (Fsp3) is 1.00. The number of nitrogens with zero attached hydrogens (tertiary/aromatic N) is 2. The third-order valence-electron chi connectivity index (χ3n) is 3.52. The first-order valence-electron chi connectivity index (χ1n) is 6.48. The Bertz CT molecular complexity index is 365. The van der Waals surface area contributed by atoms with E-state index in [0.29, 0.717) is 13.1 Å². The summed E-state index contributed by atoms with van der Waals surface area (Å²) in [5.74, 6) is 0. The summed E-state index contributed by atoms with van der Waals surface area (Å²) in [5, 5.41) is 0. The molecule has 2 atom stereocenters. The predicted molar refractivity (Wildman–Crippen MR) is 74.9 cm³/mol. The number of sulfonamides is 1. The van der Waals surface area contributed by atoms with Gasteiger partial charge in [-0.1, -0.05) is 20.8 Å². The van der Waals surface area contributed by atoms with Crippen LogP contribution in [0.3, 0.4) is 0 Å². The highest BCUT2D eigenvalue weighted by atomic mass is 32.2. The van der Waals surface area contributed by atoms with Crippen molar-refractivity contribution in [3.8, 4) is 0 Å². The average molecular weight is 277 g/mol. The fourth-order valence-corrected chi connectivity index (χ4v) is 3.81. The Morgan fingerprint density at radius 1 is 1.11 bits per heavy atom. The van der Waals surface area contributed by atoms with Gasteiger partial charge in [0, 0.05) is 38.3 Å². The molecule has 1 fully saturated rings. The number of hydrogen-bond donors (Lipinski definition) is 1. The van der Waals surface area contributed by atoms with E-state index in [1.807, 2.05) is 6.92 Å². The summed E-state index contributed by atoms with van der Waals surface area (Å²) in [7, 11) is -3.06. The Balaban J connectivity index is 2.72. The number of rotatable bonds is 3. The van der Waals surface area contributed by atoms with E-state index < -0.39 is 10.0 Å². The van der Waals surface area contributed by atoms with Crippen LogP contribution >= 0.6 is 0 Å². The number of hydrogen-bond acceptors (Lipinski definition) is 4. The summed E-state index contributed by atoms with van der Waals surface area (Å²) in [6, 6.07) is 0.356. The molecule has 2 N–H and O–H groups in total. The molecule has 0 radical (unpaired) electrons. The fourth-order valence-electron chi connectivity index (χ4n) is 2.98. The summed E-state index contributed by atoms with van der Waals surface area (Å²) in [6.45, 7) is 11.2. The van der Waals surface area contributed by atoms with E-state index >= 15 is 0 Å². The van der Waals surface area contributed by atoms with Gasteiger partial charge in [0.15, 0.2) is 0 Å². The summed E-state index contributed by atoms with van der Waals surface area (Å²) >= 11 is 0. The van der Waals surface area contributed by atoms with Gasteiger partial charge in [0.05, 0.1) is 6.26 Å². The van der Waals surface area contributed by atoms with Crippen molar-refractivity contribution >= 4 is 10.0 Å². The molecule has 0 saturated carbocycles. The van der Waals surface area contributed by atoms with E-state index in [-0.39, 0.29) is 17.5 Å². The van der Waals surface area contributed by atoms with Crippen molar-refractivity contribution in [3.05, 3.63) is 0 Å². The summed E-state index contributed by atoms with van der Waals surface area (Å²) < 4.78 is 24.5. The van der Waals surface area contributed by atoms with Crippen molar-refractivity contribution in [2.45, 2.75) is 39.8 Å². The molecular weight excluding hydrogens is 250 g/mol. The molecule has 0 aromatic heterocycles. The van der Waals surface area contributed by atoms with Gasteiger partial charge in [-0.05, 0) is 12.3 Å². The molecule has 0 aromatic carbocycles. The van der Waals surface area contributed by atoms with Crippen LogP contribution in [0.4, 0.5) is 0 Å². The van der Waals surface area contributed by atoms with Crippen LogP contribution in [-0.2, 0) is 10.0 Å². The summed E-state index contributed by atoms with van der Waals surface area (Å²) in [4.78, 5) is 2.33. The molecule has 6 heteroatoms. The number of piperazine rings is 1. The highest BCUT2D eigenvalue weighted by Gasteiger charge is 2.35. The maximum atomic E-state index is 11.5. The van der Waals surface area contributed by atoms with E-state index in [4.69, 9.17) is 5.73 Å². The summed E-state index contributed by atoms with van der Waals surface area (Å²) in [5.41, 5.74) is 6.20. The van der Waals surface area contributed by atoms with Crippen molar-refractivity contribution in [1.29, 1.82) is 0 Å². The van der Waals surface area contributed by atoms with Crippen LogP contribution in [0.1, 0.15) is 27.7 Å². The molecule has 0 aliphatic carbocycles. The van der Waals surface area contributed by atoms with Crippen LogP contribution in [0.25, 0.3) is 0 Å². The van der Waals surface area contributed by atoms with Crippen molar-refractivity contribution in [2.24, 2.45) is 11.1 Å². The first-order chi connectivity index (χ1) is 8.03. The van der Waals surface area contributed by atoms with E-state index in [9.17, 15) is 8.42 Å². The molecule has 1 aliphatic rings. The normalized spacial score (nSPS) is 23.9. The molecule has 2 unspecified atom stereocenters. The zero-order valence-electron chi connectivity index (χ0n) is 12.2. The zero-order valence-corrected chi connectivity index (χ0v) is 13.0. The van der Waals surface area contributed by atoms with Gasteiger partial charge in [-0.3, -0.25) is 4.90 Å². The van der Waals surface area contributed by atoms with Crippen molar-refractivity contribution in [1.82, 2.24) is 9.21 Å². The van der Waals surface area contributed by atoms with Gasteiger partial charge in [-0.2, -0.15) is 4.31 Å². The smallest absolute Gasteiger partial charge is 0.211 e. The zero-order chi connectivity index (χ0) is 14.1. The lowest BCUT2D eigenvalue weighted by Gasteiger charge is -2.45. The second-order valence-electron chi connectivity index (χ2n) is 6.37. The van der Waals surface area contributed by atoms with E-state index in [1.165, 1.54) is 6.26 Å². The van der Waals surface area contributed by atoms with Gasteiger partial charge >= 0.3 is 0 Å². The van der Waals surface area contributed by atoms with E-state index in [1.54, 1.807) is 4.31 Å². The van der Waals surface area contributed by atoms with Crippen molar-refractivity contribution < 1.29 is 8.42 Å². The van der Waals surface area contributed by atoms with Gasteiger partial charge in [0.25, 0.3) is 0 Å². The minimum atomic E-state index is -3.06. The molecule has 0 spiro atoms. The molecule has 1 heterocycles. The third-order valence-corrected chi connectivity index (χ3v) is 4.82.